The van der Waals surface area contributed by atoms with Crippen LogP contribution in [-0.4, -0.2) is 35.1 Å². The molecule has 0 amide bonds. The quantitative estimate of drug-likeness (QED) is 0.491. The van der Waals surface area contributed by atoms with Gasteiger partial charge in [0.2, 0.25) is 0 Å². The molecule has 3 nitrogen and oxygen atoms in total. The molecule has 0 heterocycles. The Kier molecular flexibility index (Phi) is 4.00. The van der Waals surface area contributed by atoms with Gasteiger partial charge in [0.1, 0.15) is 6.10 Å². The van der Waals surface area contributed by atoms with Crippen LogP contribution in [0.5, 0.6) is 0 Å². The van der Waals surface area contributed by atoms with E-state index in [0.717, 1.165) is 0 Å². The van der Waals surface area contributed by atoms with E-state index in [1.165, 1.54) is 0 Å². The highest BCUT2D eigenvalue weighted by Crippen LogP contribution is 2.48. The molecular weight excluding hydrogens is 318 g/mol. The number of carbonyl (C=O) groups is 1. The van der Waals surface area contributed by atoms with E-state index in [1.807, 2.05) is 6.08 Å². The van der Waals surface area contributed by atoms with Gasteiger partial charge < -0.3 is 9.84 Å². The maximum Gasteiger partial charge on any atom is 0.430 e. The zero-order valence-electron chi connectivity index (χ0n) is 11.4. The Bertz CT molecular complexity index is 467. The van der Waals surface area contributed by atoms with Crippen molar-refractivity contribution in [3.63, 3.8) is 0 Å². The predicted octanol–water partition coefficient (Wildman–Crippen LogP) is 2.99. The smallest absolute Gasteiger partial charge is 0.430 e. The highest BCUT2D eigenvalue weighted by Gasteiger charge is 2.74. The van der Waals surface area contributed by atoms with Crippen molar-refractivity contribution in [2.45, 2.75) is 43.8 Å². The fraction of sp³-hybridized carbons (Fsp3) is 0.769. The van der Waals surface area contributed by atoms with Gasteiger partial charge in [-0.2, -0.15) is 26.3 Å². The first kappa shape index (κ1) is 17.1. The van der Waals surface area contributed by atoms with Gasteiger partial charge in [-0.15, -0.1) is 0 Å². The van der Waals surface area contributed by atoms with Crippen LogP contribution >= 0.6 is 0 Å². The molecule has 1 saturated carbocycles. The van der Waals surface area contributed by atoms with Crippen molar-refractivity contribution >= 4 is 5.97 Å². The van der Waals surface area contributed by atoms with Crippen LogP contribution in [0.15, 0.2) is 12.2 Å². The molecule has 0 aromatic carbocycles. The van der Waals surface area contributed by atoms with Crippen LogP contribution in [0, 0.1) is 17.8 Å². The molecular formula is C13H14F6O3. The number of hydrogen-bond donors (Lipinski definition) is 1. The molecule has 22 heavy (non-hydrogen) atoms. The Morgan fingerprint density at radius 1 is 1.14 bits per heavy atom. The molecule has 2 rings (SSSR count). The summed E-state index contributed by atoms with van der Waals surface area (Å²) in [5, 5.41) is 9.14. The maximum atomic E-state index is 12.7. The first-order valence-electron chi connectivity index (χ1n) is 6.62. The highest BCUT2D eigenvalue weighted by atomic mass is 19.4. The van der Waals surface area contributed by atoms with Crippen molar-refractivity contribution in [2.75, 3.05) is 0 Å². The van der Waals surface area contributed by atoms with E-state index in [2.05, 4.69) is 4.74 Å². The second kappa shape index (κ2) is 5.14. The van der Waals surface area contributed by atoms with Gasteiger partial charge in [0.05, 0.1) is 5.92 Å². The summed E-state index contributed by atoms with van der Waals surface area (Å²) in [5.74, 6) is -2.03. The van der Waals surface area contributed by atoms with Crippen LogP contribution < -0.4 is 0 Å². The lowest BCUT2D eigenvalue weighted by Gasteiger charge is -2.36. The van der Waals surface area contributed by atoms with Crippen molar-refractivity contribution in [1.29, 1.82) is 0 Å². The lowest BCUT2D eigenvalue weighted by molar-refractivity contribution is -0.389. The summed E-state index contributed by atoms with van der Waals surface area (Å²) in [5.41, 5.74) is -5.09. The van der Waals surface area contributed by atoms with Gasteiger partial charge in [0.25, 0.3) is 5.60 Å². The molecule has 0 spiro atoms. The zero-order chi connectivity index (χ0) is 16.9. The normalized spacial score (nSPS) is 29.7. The van der Waals surface area contributed by atoms with Crippen LogP contribution in [0.1, 0.15) is 19.8 Å². The second-order valence-electron chi connectivity index (χ2n) is 5.73. The minimum absolute atomic E-state index is 0.0990. The van der Waals surface area contributed by atoms with E-state index in [1.54, 1.807) is 6.08 Å². The van der Waals surface area contributed by atoms with E-state index in [9.17, 15) is 31.1 Å². The molecule has 9 heteroatoms. The Morgan fingerprint density at radius 3 is 2.05 bits per heavy atom. The largest absolute Gasteiger partial charge is 0.459 e. The van der Waals surface area contributed by atoms with Crippen LogP contribution in [0.3, 0.4) is 0 Å². The number of alkyl halides is 6. The summed E-state index contributed by atoms with van der Waals surface area (Å²) in [4.78, 5) is 11.8. The predicted molar refractivity (Wildman–Crippen MR) is 61.5 cm³/mol. The number of esters is 1. The lowest BCUT2D eigenvalue weighted by Crippen LogP contribution is -2.64. The van der Waals surface area contributed by atoms with Crippen molar-refractivity contribution in [3.8, 4) is 0 Å². The van der Waals surface area contributed by atoms with E-state index < -0.39 is 35.9 Å². The lowest BCUT2D eigenvalue weighted by atomic mass is 9.92. The summed E-state index contributed by atoms with van der Waals surface area (Å²) in [6, 6.07) is 0. The fourth-order valence-electron chi connectivity index (χ4n) is 3.02. The number of hydrogen-bond acceptors (Lipinski definition) is 3. The Morgan fingerprint density at radius 2 is 1.68 bits per heavy atom. The van der Waals surface area contributed by atoms with Crippen LogP contribution in [0.25, 0.3) is 0 Å². The van der Waals surface area contributed by atoms with Crippen molar-refractivity contribution in [3.05, 3.63) is 12.2 Å². The molecule has 0 aromatic rings. The van der Waals surface area contributed by atoms with Crippen molar-refractivity contribution in [2.24, 2.45) is 17.8 Å². The van der Waals surface area contributed by atoms with Gasteiger partial charge in [-0.25, -0.2) is 0 Å². The molecule has 0 aromatic heterocycles. The Hall–Kier alpha value is -1.25. The Balaban J connectivity index is 2.14. The molecule has 0 radical (unpaired) electrons. The minimum Gasteiger partial charge on any atom is -0.459 e. The van der Waals surface area contributed by atoms with Crippen molar-refractivity contribution in [1.82, 2.24) is 0 Å². The summed E-state index contributed by atoms with van der Waals surface area (Å²) in [6.07, 6.45) is -10.3. The minimum atomic E-state index is -6.01. The van der Waals surface area contributed by atoms with Crippen LogP contribution in [0.2, 0.25) is 0 Å². The van der Waals surface area contributed by atoms with Crippen LogP contribution in [0.4, 0.5) is 26.3 Å². The van der Waals surface area contributed by atoms with Gasteiger partial charge in [-0.1, -0.05) is 12.2 Å². The molecule has 0 aliphatic heterocycles. The van der Waals surface area contributed by atoms with E-state index in [0.29, 0.717) is 19.8 Å². The van der Waals surface area contributed by atoms with E-state index >= 15 is 0 Å². The zero-order valence-corrected chi connectivity index (χ0v) is 11.4. The van der Waals surface area contributed by atoms with E-state index in [-0.39, 0.29) is 11.8 Å². The van der Waals surface area contributed by atoms with Gasteiger partial charge in [0.15, 0.2) is 0 Å². The average Bonchev–Trinajstić information content (AvgIpc) is 2.96. The third-order valence-electron chi connectivity index (χ3n) is 4.33. The molecule has 2 aliphatic rings. The molecule has 1 N–H and O–H groups in total. The number of aliphatic hydroxyl groups is 1. The molecule has 126 valence electrons. The van der Waals surface area contributed by atoms with E-state index in [4.69, 9.17) is 5.11 Å². The number of fused-ring (bicyclic) bond motifs is 2. The number of ether oxygens (including phenoxy) is 1. The topological polar surface area (TPSA) is 46.5 Å². The van der Waals surface area contributed by atoms with Crippen LogP contribution in [-0.2, 0) is 9.53 Å². The Labute approximate surface area is 121 Å². The van der Waals surface area contributed by atoms with Crippen molar-refractivity contribution < 1.29 is 41.0 Å². The number of rotatable bonds is 3. The second-order valence-corrected chi connectivity index (χ2v) is 5.73. The highest BCUT2D eigenvalue weighted by molar-refractivity contribution is 5.74. The third-order valence-corrected chi connectivity index (χ3v) is 4.33. The van der Waals surface area contributed by atoms with Gasteiger partial charge in [0, 0.05) is 0 Å². The molecule has 0 saturated heterocycles. The average molecular weight is 332 g/mol. The standard InChI is InChI=1S/C13H14F6O3/c1-6(11(21,12(14,15)16)13(17,18)19)22-10(20)9-5-7-2-3-8(9)4-7/h2-3,6-9,21H,4-5H2,1H3. The third kappa shape index (κ3) is 2.59. The first-order valence-corrected chi connectivity index (χ1v) is 6.62. The summed E-state index contributed by atoms with van der Waals surface area (Å²) >= 11 is 0. The van der Waals surface area contributed by atoms with Gasteiger partial charge >= 0.3 is 18.3 Å². The molecule has 1 fully saturated rings. The molecule has 4 unspecified atom stereocenters. The number of halogens is 6. The number of carbonyl (C=O) groups excluding carboxylic acids is 1. The number of allylic oxidation sites excluding steroid dienone is 2. The SMILES string of the molecule is CC(OC(=O)C1CC2C=CC1C2)C(O)(C(F)(F)F)C(F)(F)F. The van der Waals surface area contributed by atoms with Gasteiger partial charge in [-0.05, 0) is 31.6 Å². The van der Waals surface area contributed by atoms with Gasteiger partial charge in [-0.3, -0.25) is 4.79 Å². The summed E-state index contributed by atoms with van der Waals surface area (Å²) in [6.45, 7) is 0.391. The summed E-state index contributed by atoms with van der Waals surface area (Å²) in [7, 11) is 0. The monoisotopic (exact) mass is 332 g/mol. The molecule has 4 atom stereocenters. The maximum absolute atomic E-state index is 12.7. The molecule has 2 aliphatic carbocycles. The summed E-state index contributed by atoms with van der Waals surface area (Å²) < 4.78 is 80.3. The molecule has 2 bridgehead atoms. The fourth-order valence-corrected chi connectivity index (χ4v) is 3.02. The first-order chi connectivity index (χ1) is 9.88.